The second kappa shape index (κ2) is 2.86. The molecule has 74 valence electrons. The summed E-state index contributed by atoms with van der Waals surface area (Å²) >= 11 is 0. The normalized spacial score (nSPS) is 12.1. The van der Waals surface area contributed by atoms with Crippen molar-refractivity contribution in [2.24, 2.45) is 0 Å². The summed E-state index contributed by atoms with van der Waals surface area (Å²) in [6, 6.07) is 4.23. The van der Waals surface area contributed by atoms with Crippen molar-refractivity contribution < 1.29 is 12.9 Å². The van der Waals surface area contributed by atoms with Gasteiger partial charge in [-0.2, -0.15) is 0 Å². The van der Waals surface area contributed by atoms with Crippen molar-refractivity contribution in [3.63, 3.8) is 0 Å². The van der Waals surface area contributed by atoms with E-state index in [0.717, 1.165) is 0 Å². The quantitative estimate of drug-likeness (QED) is 0.747. The summed E-state index contributed by atoms with van der Waals surface area (Å²) in [6.07, 6.45) is 0. The summed E-state index contributed by atoms with van der Waals surface area (Å²) in [4.78, 5) is 10.9. The molecular formula is C7H4ClNO4S. The van der Waals surface area contributed by atoms with Crippen LogP contribution < -0.4 is 5.63 Å². The second-order valence-corrected chi connectivity index (χ2v) is 5.14. The van der Waals surface area contributed by atoms with Gasteiger partial charge in [-0.05, 0) is 12.1 Å². The van der Waals surface area contributed by atoms with E-state index in [-0.39, 0.29) is 10.3 Å². The summed E-state index contributed by atoms with van der Waals surface area (Å²) in [6.45, 7) is 0. The highest BCUT2D eigenvalue weighted by Gasteiger charge is 2.18. The Bertz CT molecular complexity index is 639. The fourth-order valence-electron chi connectivity index (χ4n) is 1.18. The maximum atomic E-state index is 11.1. The fourth-order valence-corrected chi connectivity index (χ4v) is 2.25. The van der Waals surface area contributed by atoms with E-state index in [1.807, 2.05) is 0 Å². The van der Waals surface area contributed by atoms with Crippen LogP contribution in [0.25, 0.3) is 10.9 Å². The third kappa shape index (κ3) is 1.32. The molecule has 0 radical (unpaired) electrons. The minimum Gasteiger partial charge on any atom is -0.338 e. The molecule has 0 bridgehead atoms. The molecule has 0 amide bonds. The third-order valence-corrected chi connectivity index (χ3v) is 3.11. The van der Waals surface area contributed by atoms with Crippen molar-refractivity contribution in [2.75, 3.05) is 0 Å². The van der Waals surface area contributed by atoms with E-state index < -0.39 is 14.7 Å². The number of rotatable bonds is 1. The SMILES string of the molecule is O=c1o[nH]c2cccc(S(=O)(=O)Cl)c12. The molecular weight excluding hydrogens is 230 g/mol. The number of halogens is 1. The van der Waals surface area contributed by atoms with Crippen LogP contribution in [0, 0.1) is 0 Å². The van der Waals surface area contributed by atoms with Gasteiger partial charge in [0.25, 0.3) is 9.05 Å². The predicted octanol–water partition coefficient (Wildman–Crippen LogP) is 1.05. The Labute approximate surface area is 82.7 Å². The smallest absolute Gasteiger partial charge is 0.338 e. The first-order valence-electron chi connectivity index (χ1n) is 3.55. The van der Waals surface area contributed by atoms with Gasteiger partial charge in [0.15, 0.2) is 0 Å². The maximum Gasteiger partial charge on any atom is 0.366 e. The van der Waals surface area contributed by atoms with E-state index in [1.165, 1.54) is 18.2 Å². The van der Waals surface area contributed by atoms with E-state index >= 15 is 0 Å². The first-order valence-corrected chi connectivity index (χ1v) is 5.86. The zero-order valence-corrected chi connectivity index (χ0v) is 8.22. The topological polar surface area (TPSA) is 80.1 Å². The number of hydrogen-bond donors (Lipinski definition) is 1. The van der Waals surface area contributed by atoms with E-state index in [4.69, 9.17) is 10.7 Å². The zero-order chi connectivity index (χ0) is 10.3. The molecule has 14 heavy (non-hydrogen) atoms. The number of benzene rings is 1. The second-order valence-electron chi connectivity index (χ2n) is 2.61. The van der Waals surface area contributed by atoms with Gasteiger partial charge in [-0.25, -0.2) is 18.4 Å². The molecule has 0 aliphatic carbocycles. The van der Waals surface area contributed by atoms with Gasteiger partial charge in [0.1, 0.15) is 5.39 Å². The molecule has 0 fully saturated rings. The van der Waals surface area contributed by atoms with Crippen LogP contribution in [-0.2, 0) is 9.05 Å². The lowest BCUT2D eigenvalue weighted by Gasteiger charge is -1.94. The van der Waals surface area contributed by atoms with Crippen LogP contribution in [0.1, 0.15) is 0 Å². The number of fused-ring (bicyclic) bond motifs is 1. The summed E-state index contributed by atoms with van der Waals surface area (Å²) < 4.78 is 26.6. The monoisotopic (exact) mass is 233 g/mol. The Morgan fingerprint density at radius 2 is 2.07 bits per heavy atom. The van der Waals surface area contributed by atoms with Crippen LogP contribution in [0.5, 0.6) is 0 Å². The van der Waals surface area contributed by atoms with Crippen LogP contribution in [0.4, 0.5) is 0 Å². The lowest BCUT2D eigenvalue weighted by molar-refractivity contribution is 0.399. The van der Waals surface area contributed by atoms with Gasteiger partial charge in [0.05, 0.1) is 10.4 Å². The van der Waals surface area contributed by atoms with Crippen LogP contribution in [0.2, 0.25) is 0 Å². The number of hydrogen-bond acceptors (Lipinski definition) is 4. The van der Waals surface area contributed by atoms with Crippen LogP contribution in [0.3, 0.4) is 0 Å². The van der Waals surface area contributed by atoms with Crippen molar-refractivity contribution in [3.8, 4) is 0 Å². The van der Waals surface area contributed by atoms with Gasteiger partial charge < -0.3 is 4.52 Å². The zero-order valence-electron chi connectivity index (χ0n) is 6.65. The Morgan fingerprint density at radius 3 is 2.71 bits per heavy atom. The van der Waals surface area contributed by atoms with Crippen molar-refractivity contribution in [2.45, 2.75) is 4.90 Å². The van der Waals surface area contributed by atoms with Gasteiger partial charge in [0, 0.05) is 10.7 Å². The van der Waals surface area contributed by atoms with E-state index in [1.54, 1.807) is 0 Å². The minimum absolute atomic E-state index is 0.0532. The largest absolute Gasteiger partial charge is 0.366 e. The van der Waals surface area contributed by atoms with Gasteiger partial charge in [0.2, 0.25) is 0 Å². The van der Waals surface area contributed by atoms with E-state index in [9.17, 15) is 13.2 Å². The van der Waals surface area contributed by atoms with Crippen LogP contribution >= 0.6 is 10.7 Å². The highest BCUT2D eigenvalue weighted by Crippen LogP contribution is 2.21. The molecule has 1 N–H and O–H groups in total. The maximum absolute atomic E-state index is 11.1. The standard InChI is InChI=1S/C7H4ClNO4S/c8-14(11,12)5-3-1-2-4-6(5)7(10)13-9-4/h1-3,9H. The van der Waals surface area contributed by atoms with Crippen LogP contribution in [0.15, 0.2) is 32.4 Å². The summed E-state index contributed by atoms with van der Waals surface area (Å²) in [5, 5.41) is 2.24. The van der Waals surface area contributed by atoms with Gasteiger partial charge in [-0.3, -0.25) is 0 Å². The average Bonchev–Trinajstić information content (AvgIpc) is 2.46. The van der Waals surface area contributed by atoms with Crippen LogP contribution in [-0.4, -0.2) is 13.6 Å². The third-order valence-electron chi connectivity index (χ3n) is 1.75. The lowest BCUT2D eigenvalue weighted by atomic mass is 10.2. The minimum atomic E-state index is -3.93. The Kier molecular flexibility index (Phi) is 1.90. The molecule has 0 aliphatic rings. The molecule has 0 saturated carbocycles. The van der Waals surface area contributed by atoms with E-state index in [2.05, 4.69) is 9.68 Å². The molecule has 0 aliphatic heterocycles. The van der Waals surface area contributed by atoms with Crippen molar-refractivity contribution >= 4 is 30.6 Å². The van der Waals surface area contributed by atoms with Gasteiger partial charge >= 0.3 is 5.63 Å². The highest BCUT2D eigenvalue weighted by atomic mass is 35.7. The number of H-pyrrole nitrogens is 1. The number of aromatic nitrogens is 1. The predicted molar refractivity (Wildman–Crippen MR) is 49.9 cm³/mol. The molecule has 0 saturated heterocycles. The van der Waals surface area contributed by atoms with E-state index in [0.29, 0.717) is 5.52 Å². The molecule has 2 aromatic rings. The lowest BCUT2D eigenvalue weighted by Crippen LogP contribution is -1.99. The Hall–Kier alpha value is -1.27. The molecule has 1 aromatic carbocycles. The van der Waals surface area contributed by atoms with Crippen molar-refractivity contribution in [1.29, 1.82) is 0 Å². The summed E-state index contributed by atoms with van der Waals surface area (Å²) in [7, 11) is 1.21. The first-order chi connectivity index (χ1) is 6.50. The first kappa shape index (κ1) is 9.29. The fraction of sp³-hybridized carbons (Fsp3) is 0. The average molecular weight is 234 g/mol. The molecule has 1 aromatic heterocycles. The van der Waals surface area contributed by atoms with Gasteiger partial charge in [-0.1, -0.05) is 6.07 Å². The summed E-state index contributed by atoms with van der Waals surface area (Å²) in [5.74, 6) is 0. The molecule has 2 rings (SSSR count). The molecule has 0 unspecified atom stereocenters. The van der Waals surface area contributed by atoms with Gasteiger partial charge in [-0.15, -0.1) is 0 Å². The molecule has 0 atom stereocenters. The molecule has 0 spiro atoms. The Morgan fingerprint density at radius 1 is 1.36 bits per heavy atom. The highest BCUT2D eigenvalue weighted by molar-refractivity contribution is 8.14. The number of nitrogens with one attached hydrogen (secondary N) is 1. The number of aromatic amines is 1. The van der Waals surface area contributed by atoms with Crippen molar-refractivity contribution in [3.05, 3.63) is 28.6 Å². The molecule has 1 heterocycles. The van der Waals surface area contributed by atoms with Crippen molar-refractivity contribution in [1.82, 2.24) is 5.16 Å². The summed E-state index contributed by atoms with van der Waals surface area (Å²) in [5.41, 5.74) is -0.448. The molecule has 7 heteroatoms. The molecule has 5 nitrogen and oxygen atoms in total. The Balaban J connectivity index is 3.04.